The maximum Gasteiger partial charge on any atom is 0.256 e. The molecule has 2 heterocycles. The van der Waals surface area contributed by atoms with Crippen molar-refractivity contribution in [3.8, 4) is 5.75 Å². The zero-order chi connectivity index (χ0) is 21.8. The predicted octanol–water partition coefficient (Wildman–Crippen LogP) is 3.48. The average molecular weight is 416 g/mol. The van der Waals surface area contributed by atoms with Gasteiger partial charge in [-0.1, -0.05) is 6.07 Å². The molecule has 0 saturated carbocycles. The number of ether oxygens (including phenoxy) is 1. The number of aromatic nitrogens is 1. The molecule has 156 valence electrons. The van der Waals surface area contributed by atoms with Crippen LogP contribution in [0.2, 0.25) is 0 Å². The van der Waals surface area contributed by atoms with Gasteiger partial charge in [0.15, 0.2) is 0 Å². The standard InChI is InChI=1S/C23H20N4O4/c1-31-17-7-4-14(5-8-17)25-21(28)13-22(29)26-16-6-9-18-19(11-15-3-2-10-24-15)23(30)27-20(18)12-16/h2-12,24H,13H2,1H3,(H,25,28)(H,26,29)(H,27,30). The summed E-state index contributed by atoms with van der Waals surface area (Å²) in [5, 5.41) is 8.14. The molecule has 31 heavy (non-hydrogen) atoms. The lowest BCUT2D eigenvalue weighted by Gasteiger charge is -2.08. The molecule has 1 aliphatic heterocycles. The van der Waals surface area contributed by atoms with E-state index in [0.29, 0.717) is 28.4 Å². The summed E-state index contributed by atoms with van der Waals surface area (Å²) >= 11 is 0. The summed E-state index contributed by atoms with van der Waals surface area (Å²) in [7, 11) is 1.56. The molecule has 0 spiro atoms. The van der Waals surface area contributed by atoms with Crippen LogP contribution in [0.4, 0.5) is 17.1 Å². The smallest absolute Gasteiger partial charge is 0.256 e. The molecule has 0 aliphatic carbocycles. The molecule has 1 aromatic heterocycles. The van der Waals surface area contributed by atoms with Crippen LogP contribution in [0.15, 0.2) is 60.8 Å². The molecule has 3 aromatic rings. The van der Waals surface area contributed by atoms with E-state index in [4.69, 9.17) is 4.74 Å². The number of nitrogens with one attached hydrogen (secondary N) is 4. The van der Waals surface area contributed by atoms with Crippen LogP contribution in [0.25, 0.3) is 11.6 Å². The molecular formula is C23H20N4O4. The quantitative estimate of drug-likeness (QED) is 0.364. The Morgan fingerprint density at radius 1 is 1.00 bits per heavy atom. The molecule has 0 unspecified atom stereocenters. The molecule has 0 atom stereocenters. The Morgan fingerprint density at radius 3 is 2.39 bits per heavy atom. The number of rotatable bonds is 6. The van der Waals surface area contributed by atoms with E-state index in [2.05, 4.69) is 20.9 Å². The van der Waals surface area contributed by atoms with Gasteiger partial charge in [0.25, 0.3) is 5.91 Å². The van der Waals surface area contributed by atoms with Crippen LogP contribution in [0.3, 0.4) is 0 Å². The monoisotopic (exact) mass is 416 g/mol. The summed E-state index contributed by atoms with van der Waals surface area (Å²) in [5.74, 6) is -0.442. The SMILES string of the molecule is COc1ccc(NC(=O)CC(=O)Nc2ccc3c(c2)NC(=O)C3=Cc2ccc[nH]2)cc1. The number of H-pyrrole nitrogens is 1. The highest BCUT2D eigenvalue weighted by atomic mass is 16.5. The second-order valence-corrected chi connectivity index (χ2v) is 6.90. The number of carbonyl (C=O) groups is 3. The fourth-order valence-electron chi connectivity index (χ4n) is 3.24. The Hall–Kier alpha value is -4.33. The largest absolute Gasteiger partial charge is 0.497 e. The minimum atomic E-state index is -0.461. The van der Waals surface area contributed by atoms with Gasteiger partial charge >= 0.3 is 0 Å². The fourth-order valence-corrected chi connectivity index (χ4v) is 3.24. The van der Waals surface area contributed by atoms with E-state index >= 15 is 0 Å². The average Bonchev–Trinajstić information content (AvgIpc) is 3.36. The number of carbonyl (C=O) groups excluding carboxylic acids is 3. The third kappa shape index (κ3) is 4.64. The number of amides is 3. The van der Waals surface area contributed by atoms with Crippen LogP contribution in [-0.4, -0.2) is 29.8 Å². The van der Waals surface area contributed by atoms with Gasteiger partial charge in [0, 0.05) is 28.8 Å². The van der Waals surface area contributed by atoms with Crippen LogP contribution in [0.1, 0.15) is 17.7 Å². The van der Waals surface area contributed by atoms with Crippen molar-refractivity contribution in [2.75, 3.05) is 23.1 Å². The van der Waals surface area contributed by atoms with E-state index < -0.39 is 11.8 Å². The Bertz CT molecular complexity index is 1160. The lowest BCUT2D eigenvalue weighted by molar-refractivity contribution is -0.123. The lowest BCUT2D eigenvalue weighted by atomic mass is 10.1. The highest BCUT2D eigenvalue weighted by Crippen LogP contribution is 2.34. The predicted molar refractivity (Wildman–Crippen MR) is 119 cm³/mol. The number of hydrogen-bond acceptors (Lipinski definition) is 4. The fraction of sp³-hybridized carbons (Fsp3) is 0.0870. The summed E-state index contributed by atoms with van der Waals surface area (Å²) < 4.78 is 5.07. The molecule has 8 nitrogen and oxygen atoms in total. The van der Waals surface area contributed by atoms with E-state index in [0.717, 1.165) is 11.3 Å². The molecule has 0 fully saturated rings. The summed E-state index contributed by atoms with van der Waals surface area (Å²) in [5.41, 5.74) is 3.76. The van der Waals surface area contributed by atoms with E-state index in [-0.39, 0.29) is 12.3 Å². The molecule has 3 amide bonds. The minimum Gasteiger partial charge on any atom is -0.497 e. The van der Waals surface area contributed by atoms with E-state index in [1.165, 1.54) is 0 Å². The first-order chi connectivity index (χ1) is 15.0. The van der Waals surface area contributed by atoms with Crippen LogP contribution in [0.5, 0.6) is 5.75 Å². The maximum atomic E-state index is 12.3. The van der Waals surface area contributed by atoms with Gasteiger partial charge in [0.1, 0.15) is 12.2 Å². The second kappa shape index (κ2) is 8.58. The lowest BCUT2D eigenvalue weighted by Crippen LogP contribution is -2.21. The molecule has 8 heteroatoms. The molecule has 1 aliphatic rings. The van der Waals surface area contributed by atoms with E-state index in [9.17, 15) is 14.4 Å². The second-order valence-electron chi connectivity index (χ2n) is 6.90. The highest BCUT2D eigenvalue weighted by Gasteiger charge is 2.24. The number of anilines is 3. The van der Waals surface area contributed by atoms with Crippen molar-refractivity contribution in [3.63, 3.8) is 0 Å². The maximum absolute atomic E-state index is 12.3. The van der Waals surface area contributed by atoms with Crippen molar-refractivity contribution in [3.05, 3.63) is 72.1 Å². The topological polar surface area (TPSA) is 112 Å². The zero-order valence-electron chi connectivity index (χ0n) is 16.7. The number of fused-ring (bicyclic) bond motifs is 1. The van der Waals surface area contributed by atoms with Crippen LogP contribution in [0, 0.1) is 0 Å². The first-order valence-electron chi connectivity index (χ1n) is 9.56. The molecule has 0 bridgehead atoms. The van der Waals surface area contributed by atoms with Gasteiger partial charge in [-0.05, 0) is 54.6 Å². The van der Waals surface area contributed by atoms with Crippen molar-refractivity contribution < 1.29 is 19.1 Å². The number of aromatic amines is 1. The number of methoxy groups -OCH3 is 1. The third-order valence-corrected chi connectivity index (χ3v) is 4.70. The van der Waals surface area contributed by atoms with Crippen LogP contribution >= 0.6 is 0 Å². The number of hydrogen-bond donors (Lipinski definition) is 4. The van der Waals surface area contributed by atoms with Gasteiger partial charge in [-0.15, -0.1) is 0 Å². The minimum absolute atomic E-state index is 0.216. The number of benzene rings is 2. The molecule has 0 radical (unpaired) electrons. The van der Waals surface area contributed by atoms with Gasteiger partial charge in [-0.3, -0.25) is 14.4 Å². The Balaban J connectivity index is 1.38. The summed E-state index contributed by atoms with van der Waals surface area (Å²) in [6.07, 6.45) is 3.21. The highest BCUT2D eigenvalue weighted by molar-refractivity contribution is 6.35. The Labute approximate surface area is 178 Å². The van der Waals surface area contributed by atoms with Gasteiger partial charge < -0.3 is 25.7 Å². The van der Waals surface area contributed by atoms with Crippen molar-refractivity contribution in [2.24, 2.45) is 0 Å². The summed E-state index contributed by atoms with van der Waals surface area (Å²) in [4.78, 5) is 39.7. The van der Waals surface area contributed by atoms with Crippen LogP contribution in [-0.2, 0) is 14.4 Å². The molecule has 4 rings (SSSR count). The van der Waals surface area contributed by atoms with Gasteiger partial charge in [0.05, 0.1) is 18.4 Å². The summed E-state index contributed by atoms with van der Waals surface area (Å²) in [6, 6.07) is 15.7. The summed E-state index contributed by atoms with van der Waals surface area (Å²) in [6.45, 7) is 0. The van der Waals surface area contributed by atoms with Crippen molar-refractivity contribution in [1.82, 2.24) is 4.98 Å². The van der Waals surface area contributed by atoms with Crippen molar-refractivity contribution >= 4 is 46.4 Å². The van der Waals surface area contributed by atoms with Gasteiger partial charge in [-0.25, -0.2) is 0 Å². The van der Waals surface area contributed by atoms with E-state index in [1.807, 2.05) is 12.1 Å². The molecule has 4 N–H and O–H groups in total. The van der Waals surface area contributed by atoms with Crippen LogP contribution < -0.4 is 20.7 Å². The van der Waals surface area contributed by atoms with Crippen molar-refractivity contribution in [1.29, 1.82) is 0 Å². The first-order valence-corrected chi connectivity index (χ1v) is 9.56. The molecular weight excluding hydrogens is 396 g/mol. The van der Waals surface area contributed by atoms with E-state index in [1.54, 1.807) is 61.8 Å². The Kier molecular flexibility index (Phi) is 5.53. The zero-order valence-corrected chi connectivity index (χ0v) is 16.7. The third-order valence-electron chi connectivity index (χ3n) is 4.70. The molecule has 2 aromatic carbocycles. The molecule has 0 saturated heterocycles. The van der Waals surface area contributed by atoms with Gasteiger partial charge in [-0.2, -0.15) is 0 Å². The Morgan fingerprint density at radius 2 is 1.71 bits per heavy atom. The normalized spacial score (nSPS) is 13.5. The first kappa shape index (κ1) is 20.0. The van der Waals surface area contributed by atoms with Gasteiger partial charge in [0.2, 0.25) is 11.8 Å². The van der Waals surface area contributed by atoms with Crippen molar-refractivity contribution in [2.45, 2.75) is 6.42 Å².